The molecule has 0 aliphatic carbocycles. The second-order valence-corrected chi connectivity index (χ2v) is 4.70. The van der Waals surface area contributed by atoms with E-state index in [4.69, 9.17) is 4.74 Å². The lowest BCUT2D eigenvalue weighted by Crippen LogP contribution is -1.89. The molecule has 1 aromatic carbocycles. The van der Waals surface area contributed by atoms with Gasteiger partial charge < -0.3 is 4.74 Å². The summed E-state index contributed by atoms with van der Waals surface area (Å²) in [4.78, 5) is 4.11. The van der Waals surface area contributed by atoms with Crippen LogP contribution in [0, 0.1) is 0 Å². The molecule has 2 nitrogen and oxygen atoms in total. The number of hydrogen-bond donors (Lipinski definition) is 0. The Balaban J connectivity index is 0. The molecule has 2 rings (SSSR count). The zero-order valence-corrected chi connectivity index (χ0v) is 16.3. The molecule has 0 fully saturated rings. The van der Waals surface area contributed by atoms with Crippen LogP contribution in [0.2, 0.25) is 0 Å². The van der Waals surface area contributed by atoms with Crippen molar-refractivity contribution in [1.29, 1.82) is 0 Å². The first-order valence-electron chi connectivity index (χ1n) is 8.86. The van der Waals surface area contributed by atoms with Gasteiger partial charge in [-0.25, -0.2) is 4.98 Å². The Hall–Kier alpha value is -1.83. The van der Waals surface area contributed by atoms with Gasteiger partial charge in [-0.2, -0.15) is 0 Å². The molecule has 0 N–H and O–H groups in total. The van der Waals surface area contributed by atoms with Crippen LogP contribution >= 0.6 is 0 Å². The minimum Gasteiger partial charge on any atom is -0.439 e. The Morgan fingerprint density at radius 1 is 0.870 bits per heavy atom. The Bertz CT molecular complexity index is 449. The van der Waals surface area contributed by atoms with Gasteiger partial charge in [-0.15, -0.1) is 0 Å². The fourth-order valence-electron chi connectivity index (χ4n) is 1.45. The summed E-state index contributed by atoms with van der Waals surface area (Å²) in [6.45, 7) is 16.6. The minimum atomic E-state index is 0.545. The molecule has 2 heteroatoms. The summed E-state index contributed by atoms with van der Waals surface area (Å²) in [5.74, 6) is 1.99. The molecule has 23 heavy (non-hydrogen) atoms. The topological polar surface area (TPSA) is 22.1 Å². The van der Waals surface area contributed by atoms with E-state index in [9.17, 15) is 0 Å². The van der Waals surface area contributed by atoms with E-state index < -0.39 is 0 Å². The highest BCUT2D eigenvalue weighted by molar-refractivity contribution is 5.31. The van der Waals surface area contributed by atoms with Crippen LogP contribution in [-0.2, 0) is 0 Å². The zero-order valence-electron chi connectivity index (χ0n) is 16.3. The van der Waals surface area contributed by atoms with Gasteiger partial charge in [-0.05, 0) is 29.7 Å². The lowest BCUT2D eigenvalue weighted by molar-refractivity contribution is 0.462. The first kappa shape index (κ1) is 23.4. The maximum atomic E-state index is 5.60. The van der Waals surface area contributed by atoms with Gasteiger partial charge in [0.2, 0.25) is 5.88 Å². The van der Waals surface area contributed by atoms with Gasteiger partial charge in [0.15, 0.2) is 0 Å². The van der Waals surface area contributed by atoms with Gasteiger partial charge in [0.1, 0.15) is 5.75 Å². The van der Waals surface area contributed by atoms with E-state index in [0.717, 1.165) is 5.75 Å². The molecule has 0 atom stereocenters. The molecule has 1 heterocycles. The predicted molar refractivity (Wildman–Crippen MR) is 104 cm³/mol. The Morgan fingerprint density at radius 2 is 1.39 bits per heavy atom. The summed E-state index contributed by atoms with van der Waals surface area (Å²) in [7, 11) is 0. The van der Waals surface area contributed by atoms with Crippen LogP contribution in [0.3, 0.4) is 0 Å². The standard InChI is InChI=1S/C14H15NO.C3H8.2C2H6/c1-11(2)12-6-8-13(9-7-12)16-14-5-3-4-10-15-14;1-3-2;2*1-2/h3-11H,1-2H3;3H2,1-2H3;2*1-2H3. The highest BCUT2D eigenvalue weighted by atomic mass is 16.5. The van der Waals surface area contributed by atoms with Crippen molar-refractivity contribution >= 4 is 0 Å². The minimum absolute atomic E-state index is 0.545. The highest BCUT2D eigenvalue weighted by Crippen LogP contribution is 2.22. The quantitative estimate of drug-likeness (QED) is 0.586. The van der Waals surface area contributed by atoms with Crippen molar-refractivity contribution in [3.63, 3.8) is 0 Å². The van der Waals surface area contributed by atoms with E-state index in [-0.39, 0.29) is 0 Å². The molecule has 0 amide bonds. The number of aromatic nitrogens is 1. The molecule has 130 valence electrons. The van der Waals surface area contributed by atoms with E-state index in [1.54, 1.807) is 6.20 Å². The van der Waals surface area contributed by atoms with Crippen LogP contribution in [0.25, 0.3) is 0 Å². The van der Waals surface area contributed by atoms with Gasteiger partial charge in [0.05, 0.1) is 0 Å². The number of rotatable bonds is 3. The molecular formula is C21H35NO. The predicted octanol–water partition coefficient (Wildman–Crippen LogP) is 7.47. The average molecular weight is 318 g/mol. The van der Waals surface area contributed by atoms with E-state index >= 15 is 0 Å². The van der Waals surface area contributed by atoms with Crippen LogP contribution in [-0.4, -0.2) is 4.98 Å². The molecule has 0 aliphatic rings. The van der Waals surface area contributed by atoms with Crippen LogP contribution < -0.4 is 4.74 Å². The first-order chi connectivity index (χ1) is 11.2. The summed E-state index contributed by atoms with van der Waals surface area (Å²) >= 11 is 0. The van der Waals surface area contributed by atoms with Gasteiger partial charge in [-0.3, -0.25) is 0 Å². The molecule has 0 spiro atoms. The molecule has 0 aliphatic heterocycles. The molecule has 0 saturated carbocycles. The lowest BCUT2D eigenvalue weighted by Gasteiger charge is -2.07. The molecule has 1 aromatic heterocycles. The summed E-state index contributed by atoms with van der Waals surface area (Å²) < 4.78 is 5.60. The summed E-state index contributed by atoms with van der Waals surface area (Å²) in [5, 5.41) is 0. The third-order valence-corrected chi connectivity index (χ3v) is 2.41. The van der Waals surface area contributed by atoms with Crippen molar-refractivity contribution in [2.75, 3.05) is 0 Å². The Labute approximate surface area is 143 Å². The van der Waals surface area contributed by atoms with E-state index in [1.807, 2.05) is 58.0 Å². The average Bonchev–Trinajstić information content (AvgIpc) is 2.60. The number of hydrogen-bond acceptors (Lipinski definition) is 2. The Morgan fingerprint density at radius 3 is 1.78 bits per heavy atom. The van der Waals surface area contributed by atoms with Crippen molar-refractivity contribution in [3.05, 3.63) is 54.2 Å². The molecule has 0 saturated heterocycles. The smallest absolute Gasteiger partial charge is 0.219 e. The second-order valence-electron chi connectivity index (χ2n) is 4.70. The summed E-state index contributed by atoms with van der Waals surface area (Å²) in [6.07, 6.45) is 2.97. The van der Waals surface area contributed by atoms with E-state index in [0.29, 0.717) is 11.8 Å². The summed E-state index contributed by atoms with van der Waals surface area (Å²) in [5.41, 5.74) is 1.31. The van der Waals surface area contributed by atoms with Crippen LogP contribution in [0.4, 0.5) is 0 Å². The van der Waals surface area contributed by atoms with Crippen molar-refractivity contribution in [1.82, 2.24) is 4.98 Å². The second kappa shape index (κ2) is 16.5. The maximum Gasteiger partial charge on any atom is 0.219 e. The van der Waals surface area contributed by atoms with Gasteiger partial charge in [0, 0.05) is 12.3 Å². The lowest BCUT2D eigenvalue weighted by atomic mass is 10.0. The fraction of sp³-hybridized carbons (Fsp3) is 0.476. The molecule has 2 aromatic rings. The van der Waals surface area contributed by atoms with Crippen LogP contribution in [0.15, 0.2) is 48.7 Å². The van der Waals surface area contributed by atoms with E-state index in [2.05, 4.69) is 44.8 Å². The molecule has 0 unspecified atom stereocenters. The largest absolute Gasteiger partial charge is 0.439 e. The zero-order chi connectivity index (χ0) is 18.1. The van der Waals surface area contributed by atoms with Crippen LogP contribution in [0.5, 0.6) is 11.6 Å². The molecule has 0 bridgehead atoms. The number of nitrogens with zero attached hydrogens (tertiary/aromatic N) is 1. The number of benzene rings is 1. The van der Waals surface area contributed by atoms with Gasteiger partial charge in [0.25, 0.3) is 0 Å². The van der Waals surface area contributed by atoms with Crippen molar-refractivity contribution in [2.45, 2.75) is 67.7 Å². The van der Waals surface area contributed by atoms with Gasteiger partial charge >= 0.3 is 0 Å². The first-order valence-corrected chi connectivity index (χ1v) is 8.86. The van der Waals surface area contributed by atoms with E-state index in [1.165, 1.54) is 12.0 Å². The van der Waals surface area contributed by atoms with Crippen molar-refractivity contribution in [2.24, 2.45) is 0 Å². The third-order valence-electron chi connectivity index (χ3n) is 2.41. The monoisotopic (exact) mass is 317 g/mol. The normalized spacial score (nSPS) is 8.57. The fourth-order valence-corrected chi connectivity index (χ4v) is 1.45. The number of pyridine rings is 1. The summed E-state index contributed by atoms with van der Waals surface area (Å²) in [6, 6.07) is 13.7. The van der Waals surface area contributed by atoms with Crippen molar-refractivity contribution in [3.8, 4) is 11.6 Å². The maximum absolute atomic E-state index is 5.60. The van der Waals surface area contributed by atoms with Gasteiger partial charge in [-0.1, -0.05) is 80.0 Å². The molecule has 0 radical (unpaired) electrons. The number of ether oxygens (including phenoxy) is 1. The third kappa shape index (κ3) is 11.4. The van der Waals surface area contributed by atoms with Crippen molar-refractivity contribution < 1.29 is 4.74 Å². The molecular weight excluding hydrogens is 282 g/mol. The van der Waals surface area contributed by atoms with Crippen LogP contribution in [0.1, 0.15) is 73.3 Å². The Kier molecular flexibility index (Phi) is 16.9. The highest BCUT2D eigenvalue weighted by Gasteiger charge is 2.00. The SMILES string of the molecule is CC.CC.CC(C)c1ccc(Oc2ccccn2)cc1.CCC.